The number of benzene rings is 3. The fourth-order valence-corrected chi connectivity index (χ4v) is 3.56. The van der Waals surface area contributed by atoms with E-state index in [4.69, 9.17) is 4.74 Å². The summed E-state index contributed by atoms with van der Waals surface area (Å²) in [7, 11) is 0. The van der Waals surface area contributed by atoms with Crippen molar-refractivity contribution in [3.63, 3.8) is 0 Å². The summed E-state index contributed by atoms with van der Waals surface area (Å²) in [6.45, 7) is 4.46. The number of amides is 2. The van der Waals surface area contributed by atoms with Gasteiger partial charge in [0.1, 0.15) is 11.4 Å². The topological polar surface area (TPSA) is 58.6 Å². The first-order valence-corrected chi connectivity index (χ1v) is 10.3. The standard InChI is InChI=1S/C26H24N2O3/c1-3-17-31-22-16-10-9-15-21(22)28-25(29)23(19-12-5-4-6-13-19)24(26(28)30)27-20-14-8-7-11-18(20)2/h4-16,27H,3,17H2,1-2H3. The normalized spacial score (nSPS) is 13.7. The average Bonchev–Trinajstić information content (AvgIpc) is 3.04. The summed E-state index contributed by atoms with van der Waals surface area (Å²) in [5, 5.41) is 3.23. The Morgan fingerprint density at radius 2 is 1.52 bits per heavy atom. The van der Waals surface area contributed by atoms with Gasteiger partial charge in [0.25, 0.3) is 11.8 Å². The maximum atomic E-state index is 13.6. The van der Waals surface area contributed by atoms with Crippen LogP contribution in [0.1, 0.15) is 24.5 Å². The van der Waals surface area contributed by atoms with E-state index in [-0.39, 0.29) is 11.6 Å². The Morgan fingerprint density at radius 1 is 0.839 bits per heavy atom. The van der Waals surface area contributed by atoms with Crippen molar-refractivity contribution in [2.24, 2.45) is 0 Å². The van der Waals surface area contributed by atoms with Crippen molar-refractivity contribution in [3.8, 4) is 5.75 Å². The number of ether oxygens (including phenoxy) is 1. The Morgan fingerprint density at radius 3 is 2.26 bits per heavy atom. The van der Waals surface area contributed by atoms with Crippen molar-refractivity contribution in [3.05, 3.63) is 95.7 Å². The summed E-state index contributed by atoms with van der Waals surface area (Å²) in [4.78, 5) is 28.4. The summed E-state index contributed by atoms with van der Waals surface area (Å²) in [6, 6.07) is 24.1. The lowest BCUT2D eigenvalue weighted by molar-refractivity contribution is -0.120. The van der Waals surface area contributed by atoms with Crippen molar-refractivity contribution in [1.82, 2.24) is 0 Å². The van der Waals surface area contributed by atoms with Crippen LogP contribution in [-0.4, -0.2) is 18.4 Å². The molecule has 5 nitrogen and oxygen atoms in total. The van der Waals surface area contributed by atoms with E-state index in [1.165, 1.54) is 4.90 Å². The Labute approximate surface area is 182 Å². The molecule has 5 heteroatoms. The molecular formula is C26H24N2O3. The van der Waals surface area contributed by atoms with Gasteiger partial charge >= 0.3 is 0 Å². The number of carbonyl (C=O) groups excluding carboxylic acids is 2. The van der Waals surface area contributed by atoms with Crippen LogP contribution in [0.15, 0.2) is 84.6 Å². The second-order valence-electron chi connectivity index (χ2n) is 7.32. The molecule has 0 saturated heterocycles. The fraction of sp³-hybridized carbons (Fsp3) is 0.154. The fourth-order valence-electron chi connectivity index (χ4n) is 3.56. The molecule has 0 saturated carbocycles. The van der Waals surface area contributed by atoms with Gasteiger partial charge in [0.2, 0.25) is 0 Å². The molecule has 1 heterocycles. The zero-order valence-corrected chi connectivity index (χ0v) is 17.6. The van der Waals surface area contributed by atoms with Crippen LogP contribution in [-0.2, 0) is 9.59 Å². The van der Waals surface area contributed by atoms with E-state index in [0.29, 0.717) is 29.2 Å². The highest BCUT2D eigenvalue weighted by Crippen LogP contribution is 2.38. The Hall–Kier alpha value is -3.86. The first kappa shape index (κ1) is 20.4. The summed E-state index contributed by atoms with van der Waals surface area (Å²) in [6.07, 6.45) is 0.823. The van der Waals surface area contributed by atoms with E-state index in [2.05, 4.69) is 5.32 Å². The lowest BCUT2D eigenvalue weighted by Gasteiger charge is -2.19. The lowest BCUT2D eigenvalue weighted by Crippen LogP contribution is -2.32. The van der Waals surface area contributed by atoms with Gasteiger partial charge in [-0.25, -0.2) is 4.90 Å². The van der Waals surface area contributed by atoms with Crippen LogP contribution in [0.3, 0.4) is 0 Å². The van der Waals surface area contributed by atoms with Crippen LogP contribution in [0.25, 0.3) is 5.57 Å². The molecule has 3 aromatic rings. The predicted octanol–water partition coefficient (Wildman–Crippen LogP) is 5.18. The molecule has 0 fully saturated rings. The minimum absolute atomic E-state index is 0.260. The molecule has 1 N–H and O–H groups in total. The maximum absolute atomic E-state index is 13.6. The van der Waals surface area contributed by atoms with E-state index in [1.807, 2.05) is 74.5 Å². The van der Waals surface area contributed by atoms with Gasteiger partial charge in [-0.1, -0.05) is 67.6 Å². The third kappa shape index (κ3) is 3.94. The maximum Gasteiger partial charge on any atom is 0.282 e. The van der Waals surface area contributed by atoms with E-state index in [0.717, 1.165) is 17.7 Å². The molecule has 156 valence electrons. The van der Waals surface area contributed by atoms with Crippen molar-refractivity contribution in [2.75, 3.05) is 16.8 Å². The van der Waals surface area contributed by atoms with Gasteiger partial charge in [-0.15, -0.1) is 0 Å². The molecule has 0 radical (unpaired) electrons. The van der Waals surface area contributed by atoms with Crippen LogP contribution in [0.4, 0.5) is 11.4 Å². The number of nitrogens with zero attached hydrogens (tertiary/aromatic N) is 1. The summed E-state index contributed by atoms with van der Waals surface area (Å²) in [5.74, 6) is -0.268. The molecule has 0 aliphatic carbocycles. The van der Waals surface area contributed by atoms with Gasteiger partial charge in [-0.05, 0) is 42.7 Å². The van der Waals surface area contributed by atoms with Crippen molar-refractivity contribution in [1.29, 1.82) is 0 Å². The zero-order chi connectivity index (χ0) is 21.8. The largest absolute Gasteiger partial charge is 0.491 e. The molecule has 3 aromatic carbocycles. The molecular weight excluding hydrogens is 388 g/mol. The highest BCUT2D eigenvalue weighted by molar-refractivity contribution is 6.46. The monoisotopic (exact) mass is 412 g/mol. The van der Waals surface area contributed by atoms with E-state index in [9.17, 15) is 9.59 Å². The number of hydrogen-bond acceptors (Lipinski definition) is 4. The molecule has 0 spiro atoms. The van der Waals surface area contributed by atoms with E-state index < -0.39 is 5.91 Å². The van der Waals surface area contributed by atoms with Crippen LogP contribution in [0.5, 0.6) is 5.75 Å². The third-order valence-electron chi connectivity index (χ3n) is 5.12. The number of carbonyl (C=O) groups is 2. The summed E-state index contributed by atoms with van der Waals surface area (Å²) < 4.78 is 5.82. The third-order valence-corrected chi connectivity index (χ3v) is 5.12. The number of nitrogens with one attached hydrogen (secondary N) is 1. The number of hydrogen-bond donors (Lipinski definition) is 1. The molecule has 1 aliphatic rings. The molecule has 4 rings (SSSR count). The average molecular weight is 412 g/mol. The highest BCUT2D eigenvalue weighted by Gasteiger charge is 2.41. The van der Waals surface area contributed by atoms with E-state index >= 15 is 0 Å². The second kappa shape index (κ2) is 8.88. The van der Waals surface area contributed by atoms with E-state index in [1.54, 1.807) is 18.2 Å². The van der Waals surface area contributed by atoms with Gasteiger partial charge in [0.15, 0.2) is 0 Å². The Bertz CT molecular complexity index is 1150. The predicted molar refractivity (Wildman–Crippen MR) is 123 cm³/mol. The molecule has 2 amide bonds. The number of anilines is 2. The zero-order valence-electron chi connectivity index (χ0n) is 17.6. The van der Waals surface area contributed by atoms with Crippen molar-refractivity contribution >= 4 is 28.8 Å². The van der Waals surface area contributed by atoms with Crippen LogP contribution < -0.4 is 15.0 Å². The molecule has 0 aromatic heterocycles. The minimum atomic E-state index is -0.403. The van der Waals surface area contributed by atoms with Crippen LogP contribution in [0.2, 0.25) is 0 Å². The number of aryl methyl sites for hydroxylation is 1. The van der Waals surface area contributed by atoms with Gasteiger partial charge in [-0.2, -0.15) is 0 Å². The summed E-state index contributed by atoms with van der Waals surface area (Å²) in [5.41, 5.74) is 3.50. The SMILES string of the molecule is CCCOc1ccccc1N1C(=O)C(Nc2ccccc2C)=C(c2ccccc2)C1=O. The smallest absolute Gasteiger partial charge is 0.282 e. The van der Waals surface area contributed by atoms with Gasteiger partial charge in [0.05, 0.1) is 17.9 Å². The Balaban J connectivity index is 1.81. The molecule has 0 unspecified atom stereocenters. The van der Waals surface area contributed by atoms with Gasteiger partial charge in [0, 0.05) is 5.69 Å². The first-order valence-electron chi connectivity index (χ1n) is 10.3. The molecule has 0 bridgehead atoms. The van der Waals surface area contributed by atoms with Gasteiger partial charge < -0.3 is 10.1 Å². The van der Waals surface area contributed by atoms with Crippen molar-refractivity contribution < 1.29 is 14.3 Å². The molecule has 0 atom stereocenters. The van der Waals surface area contributed by atoms with Crippen molar-refractivity contribution in [2.45, 2.75) is 20.3 Å². The quantitative estimate of drug-likeness (QED) is 0.543. The van der Waals surface area contributed by atoms with Crippen LogP contribution in [0, 0.1) is 6.92 Å². The summed E-state index contributed by atoms with van der Waals surface area (Å²) >= 11 is 0. The number of para-hydroxylation sites is 3. The number of rotatable bonds is 7. The Kier molecular flexibility index (Phi) is 5.85. The molecule has 1 aliphatic heterocycles. The van der Waals surface area contributed by atoms with Gasteiger partial charge in [-0.3, -0.25) is 9.59 Å². The minimum Gasteiger partial charge on any atom is -0.491 e. The second-order valence-corrected chi connectivity index (χ2v) is 7.32. The van der Waals surface area contributed by atoms with Crippen LogP contribution >= 0.6 is 0 Å². The molecule has 31 heavy (non-hydrogen) atoms. The number of imide groups is 1. The highest BCUT2D eigenvalue weighted by atomic mass is 16.5. The first-order chi connectivity index (χ1) is 15.1. The lowest BCUT2D eigenvalue weighted by atomic mass is 10.0.